The number of benzene rings is 3. The number of rotatable bonds is 16. The third kappa shape index (κ3) is 9.71. The Morgan fingerprint density at radius 1 is 0.818 bits per heavy atom. The molecule has 6 heterocycles. The van der Waals surface area contributed by atoms with Gasteiger partial charge in [0.1, 0.15) is 17.7 Å². The molecule has 3 N–H and O–H groups in total. The lowest BCUT2D eigenvalue weighted by Crippen LogP contribution is -2.54. The minimum atomic E-state index is -1.01. The Hall–Kier alpha value is -6.50. The number of halogens is 2. The number of para-hydroxylation sites is 1. The molecule has 0 saturated carbocycles. The summed E-state index contributed by atoms with van der Waals surface area (Å²) in [6.45, 7) is 5.49. The molecular formula is C48H52F2N10O6. The number of hydrogen-bond donors (Lipinski definition) is 3. The molecule has 3 saturated heterocycles. The molecule has 3 fully saturated rings. The maximum absolute atomic E-state index is 15.4. The number of nitrogens with one attached hydrogen (secondary N) is 3. The first-order valence-corrected chi connectivity index (χ1v) is 22.8. The zero-order valence-corrected chi connectivity index (χ0v) is 36.6. The van der Waals surface area contributed by atoms with Gasteiger partial charge >= 0.3 is 0 Å². The van der Waals surface area contributed by atoms with Crippen LogP contribution in [0.5, 0.6) is 0 Å². The number of unbranched alkanes of at least 4 members (excludes halogenated alkanes) is 3. The van der Waals surface area contributed by atoms with E-state index in [0.717, 1.165) is 62.1 Å². The fourth-order valence-electron chi connectivity index (χ4n) is 9.29. The quantitative estimate of drug-likeness (QED) is 0.0882. The predicted octanol–water partition coefficient (Wildman–Crippen LogP) is 5.10. The molecule has 0 spiro atoms. The second-order valence-corrected chi connectivity index (χ2v) is 17.3. The molecule has 4 aliphatic heterocycles. The normalized spacial score (nSPS) is 18.5. The molecule has 16 nitrogen and oxygen atoms in total. The van der Waals surface area contributed by atoms with Gasteiger partial charge < -0.3 is 15.4 Å². The van der Waals surface area contributed by atoms with E-state index in [2.05, 4.69) is 30.9 Å². The van der Waals surface area contributed by atoms with Crippen molar-refractivity contribution in [1.29, 1.82) is 0 Å². The molecule has 344 valence electrons. The summed E-state index contributed by atoms with van der Waals surface area (Å²) < 4.78 is 38.1. The van der Waals surface area contributed by atoms with Crippen molar-refractivity contribution < 1.29 is 37.5 Å². The number of anilines is 1. The fraction of sp³-hybridized carbons (Fsp3) is 0.417. The molecule has 3 aromatic carbocycles. The molecular weight excluding hydrogens is 851 g/mol. The lowest BCUT2D eigenvalue weighted by molar-refractivity contribution is -0.136. The van der Waals surface area contributed by atoms with E-state index in [-0.39, 0.29) is 48.0 Å². The summed E-state index contributed by atoms with van der Waals surface area (Å²) in [5, 5.41) is 13.2. The molecule has 1 unspecified atom stereocenters. The molecule has 18 heteroatoms. The van der Waals surface area contributed by atoms with Crippen LogP contribution in [0.3, 0.4) is 0 Å². The van der Waals surface area contributed by atoms with E-state index in [1.165, 1.54) is 12.1 Å². The Bertz CT molecular complexity index is 2640. The van der Waals surface area contributed by atoms with Crippen LogP contribution in [0.25, 0.3) is 33.4 Å². The molecule has 1 atom stereocenters. The van der Waals surface area contributed by atoms with Gasteiger partial charge in [0.15, 0.2) is 0 Å². The Morgan fingerprint density at radius 3 is 2.33 bits per heavy atom. The predicted molar refractivity (Wildman–Crippen MR) is 240 cm³/mol. The van der Waals surface area contributed by atoms with Crippen LogP contribution < -0.4 is 16.0 Å². The van der Waals surface area contributed by atoms with Crippen molar-refractivity contribution in [2.24, 2.45) is 0 Å². The summed E-state index contributed by atoms with van der Waals surface area (Å²) >= 11 is 0. The zero-order valence-electron chi connectivity index (χ0n) is 36.6. The van der Waals surface area contributed by atoms with Crippen LogP contribution in [-0.2, 0) is 25.7 Å². The van der Waals surface area contributed by atoms with Gasteiger partial charge in [-0.15, -0.1) is 0 Å². The molecule has 66 heavy (non-hydrogen) atoms. The number of piperidine rings is 2. The van der Waals surface area contributed by atoms with Gasteiger partial charge in [0.25, 0.3) is 11.8 Å². The second kappa shape index (κ2) is 19.9. The lowest BCUT2D eigenvalue weighted by atomic mass is 10.0. The fourth-order valence-corrected chi connectivity index (χ4v) is 9.29. The SMILES string of the molecule is O=C(CN1CCC(n2cc(-c3cnc4cccc(-c5cc(F)c(CN6CCOCC6)c(F)c5)c4n3)cn2)CC1)NCCCCCCNc1cccc2c1C(=O)N(C1CCC(=O)NC1=O)C2=O. The molecule has 0 radical (unpaired) electrons. The third-order valence-electron chi connectivity index (χ3n) is 12.9. The average molecular weight is 903 g/mol. The van der Waals surface area contributed by atoms with E-state index < -0.39 is 41.3 Å². The summed E-state index contributed by atoms with van der Waals surface area (Å²) in [7, 11) is 0. The van der Waals surface area contributed by atoms with E-state index in [4.69, 9.17) is 9.72 Å². The number of aromatic nitrogens is 4. The van der Waals surface area contributed by atoms with Gasteiger partial charge in [-0.1, -0.05) is 31.0 Å². The van der Waals surface area contributed by atoms with E-state index >= 15 is 8.78 Å². The number of likely N-dealkylation sites (tertiary alicyclic amines) is 1. The Balaban J connectivity index is 0.699. The van der Waals surface area contributed by atoms with Crippen molar-refractivity contribution in [2.45, 2.75) is 70.0 Å². The number of amides is 5. The summed E-state index contributed by atoms with van der Waals surface area (Å²) in [6.07, 6.45) is 10.7. The molecule has 0 aliphatic carbocycles. The summed E-state index contributed by atoms with van der Waals surface area (Å²) in [5.41, 5.74) is 4.58. The Morgan fingerprint density at radius 2 is 1.56 bits per heavy atom. The van der Waals surface area contributed by atoms with Crippen LogP contribution in [0, 0.1) is 11.6 Å². The van der Waals surface area contributed by atoms with Gasteiger partial charge in [-0.05, 0) is 68.0 Å². The van der Waals surface area contributed by atoms with Crippen molar-refractivity contribution in [3.8, 4) is 22.4 Å². The van der Waals surface area contributed by atoms with Crippen molar-refractivity contribution in [2.75, 3.05) is 64.3 Å². The first-order valence-electron chi connectivity index (χ1n) is 22.8. The van der Waals surface area contributed by atoms with E-state index in [1.54, 1.807) is 42.7 Å². The summed E-state index contributed by atoms with van der Waals surface area (Å²) in [4.78, 5) is 77.9. The highest BCUT2D eigenvalue weighted by molar-refractivity contribution is 6.25. The van der Waals surface area contributed by atoms with Crippen LogP contribution in [-0.4, -0.2) is 129 Å². The number of carbonyl (C=O) groups is 5. The number of hydrogen-bond acceptors (Lipinski definition) is 12. The molecule has 5 aromatic rings. The minimum Gasteiger partial charge on any atom is -0.384 e. The van der Waals surface area contributed by atoms with Crippen LogP contribution in [0.4, 0.5) is 14.5 Å². The number of nitrogens with zero attached hydrogens (tertiary/aromatic N) is 7. The first-order chi connectivity index (χ1) is 32.1. The Labute approximate surface area is 380 Å². The highest BCUT2D eigenvalue weighted by Gasteiger charge is 2.45. The lowest BCUT2D eigenvalue weighted by Gasteiger charge is -2.31. The highest BCUT2D eigenvalue weighted by Crippen LogP contribution is 2.34. The van der Waals surface area contributed by atoms with Crippen molar-refractivity contribution in [3.05, 3.63) is 95.4 Å². The largest absolute Gasteiger partial charge is 0.384 e. The van der Waals surface area contributed by atoms with Gasteiger partial charge in [0.2, 0.25) is 17.7 Å². The highest BCUT2D eigenvalue weighted by atomic mass is 19.1. The van der Waals surface area contributed by atoms with Crippen molar-refractivity contribution >= 4 is 46.3 Å². The number of morpholine rings is 1. The molecule has 9 rings (SSSR count). The van der Waals surface area contributed by atoms with Crippen LogP contribution in [0.2, 0.25) is 0 Å². The third-order valence-corrected chi connectivity index (χ3v) is 12.9. The van der Waals surface area contributed by atoms with Gasteiger partial charge in [-0.2, -0.15) is 5.10 Å². The maximum atomic E-state index is 15.4. The molecule has 0 bridgehead atoms. The molecule has 5 amide bonds. The van der Waals surface area contributed by atoms with Gasteiger partial charge in [0, 0.05) is 80.8 Å². The van der Waals surface area contributed by atoms with Gasteiger partial charge in [0.05, 0.1) is 66.0 Å². The monoisotopic (exact) mass is 902 g/mol. The van der Waals surface area contributed by atoms with Crippen molar-refractivity contribution in [3.63, 3.8) is 0 Å². The van der Waals surface area contributed by atoms with E-state index in [0.29, 0.717) is 79.5 Å². The van der Waals surface area contributed by atoms with Crippen LogP contribution in [0.1, 0.15) is 83.7 Å². The summed E-state index contributed by atoms with van der Waals surface area (Å²) in [6, 6.07) is 12.3. The average Bonchev–Trinajstić information content (AvgIpc) is 3.91. The standard InChI is InChI=1S/C48H52F2N10O6/c49-36-23-30(24-37(50)35(36)28-58-19-21-66-22-20-58)33-7-5-10-39-45(33)55-40(26-53-39)31-25-54-59(27-31)32-13-17-57(18-14-32)29-43(62)52-16-4-2-1-3-15-51-38-9-6-8-34-44(38)48(65)60(47(34)64)41-11-12-42(61)56-46(41)63/h5-10,23-27,32,41,51H,1-4,11-22,28-29H2,(H,52,62)(H,56,61,63). The van der Waals surface area contributed by atoms with Gasteiger partial charge in [-0.25, -0.2) is 13.8 Å². The zero-order chi connectivity index (χ0) is 45.7. The smallest absolute Gasteiger partial charge is 0.264 e. The van der Waals surface area contributed by atoms with Gasteiger partial charge in [-0.3, -0.25) is 53.7 Å². The Kier molecular flexibility index (Phi) is 13.5. The second-order valence-electron chi connectivity index (χ2n) is 17.3. The number of imide groups is 2. The first kappa shape index (κ1) is 44.7. The van der Waals surface area contributed by atoms with Crippen molar-refractivity contribution in [1.82, 2.24) is 45.1 Å². The van der Waals surface area contributed by atoms with E-state index in [1.807, 2.05) is 21.8 Å². The maximum Gasteiger partial charge on any atom is 0.264 e. The minimum absolute atomic E-state index is 0.0105. The van der Waals surface area contributed by atoms with Crippen LogP contribution in [0.15, 0.2) is 67.1 Å². The number of ether oxygens (including phenoxy) is 1. The topological polar surface area (TPSA) is 184 Å². The van der Waals surface area contributed by atoms with Crippen LogP contribution >= 0.6 is 0 Å². The molecule has 2 aromatic heterocycles. The molecule has 4 aliphatic rings. The van der Waals surface area contributed by atoms with E-state index in [9.17, 15) is 24.0 Å². The summed E-state index contributed by atoms with van der Waals surface area (Å²) in [5.74, 6) is -3.33. The number of carbonyl (C=O) groups excluding carboxylic acids is 5. The number of fused-ring (bicyclic) bond motifs is 2.